The molecule has 2 N–H and O–H groups in total. The largest absolute Gasteiger partial charge is 0.477 e. The topological polar surface area (TPSA) is 158 Å². The minimum Gasteiger partial charge on any atom is -0.477 e. The van der Waals surface area contributed by atoms with Gasteiger partial charge in [-0.15, -0.1) is 5.10 Å². The molecule has 8 rings (SSSR count). The molecule has 4 aliphatic rings. The molecule has 0 radical (unpaired) electrons. The summed E-state index contributed by atoms with van der Waals surface area (Å²) in [5.74, 6) is 0.223. The second kappa shape index (κ2) is 14.2. The van der Waals surface area contributed by atoms with Gasteiger partial charge >= 0.3 is 6.09 Å². The van der Waals surface area contributed by atoms with Crippen molar-refractivity contribution in [3.05, 3.63) is 90.0 Å². The van der Waals surface area contributed by atoms with Crippen molar-refractivity contribution in [2.45, 2.75) is 82.4 Å². The van der Waals surface area contributed by atoms with Crippen LogP contribution >= 0.6 is 0 Å². The van der Waals surface area contributed by atoms with Gasteiger partial charge < -0.3 is 19.7 Å². The van der Waals surface area contributed by atoms with Crippen molar-refractivity contribution in [3.8, 4) is 11.7 Å². The maximum Gasteiger partial charge on any atom is 0.407 e. The predicted octanol–water partition coefficient (Wildman–Crippen LogP) is 6.19. The summed E-state index contributed by atoms with van der Waals surface area (Å²) < 4.78 is 55.1. The van der Waals surface area contributed by atoms with E-state index in [1.165, 1.54) is 37.8 Å². The van der Waals surface area contributed by atoms with Crippen molar-refractivity contribution in [1.82, 2.24) is 29.8 Å². The molecule has 55 heavy (non-hydrogen) atoms. The van der Waals surface area contributed by atoms with Crippen LogP contribution in [0.25, 0.3) is 5.82 Å². The number of nitrogens with zero attached hydrogens (tertiary/aromatic N) is 5. The molecule has 4 aromatic rings. The van der Waals surface area contributed by atoms with Crippen LogP contribution in [0.5, 0.6) is 5.88 Å². The molecule has 2 spiro atoms. The van der Waals surface area contributed by atoms with Crippen LogP contribution in [-0.4, -0.2) is 65.4 Å². The third kappa shape index (κ3) is 7.50. The standard InChI is InChI=1S/C40H46FN7O6S/c1-38(2)24-28(10-7-21-42-37(50)54-26-27-8-4-3-5-9-27)25-47(38)35-29(36(49)46-55(51,52)34-12-6-11-31(41)43-34)13-14-32(44-35)48-22-15-33(45-48)53-23-16-30-39(17-18-39)40(30)19-20-40/h3-6,8-9,11-15,22,28,30H,7,10,16-21,23-26H2,1-2H3,(H,42,50)(H,46,49)/t28-/m1/s1. The Morgan fingerprint density at radius 1 is 0.945 bits per heavy atom. The van der Waals surface area contributed by atoms with Crippen LogP contribution in [0.4, 0.5) is 15.0 Å². The maximum atomic E-state index is 13.8. The minimum atomic E-state index is -4.50. The zero-order chi connectivity index (χ0) is 38.4. The summed E-state index contributed by atoms with van der Waals surface area (Å²) in [6.07, 6.45) is 9.99. The van der Waals surface area contributed by atoms with Gasteiger partial charge in [0.1, 0.15) is 12.4 Å². The Morgan fingerprint density at radius 3 is 2.44 bits per heavy atom. The number of hydrogen-bond acceptors (Lipinski definition) is 10. The van der Waals surface area contributed by atoms with Gasteiger partial charge in [0.2, 0.25) is 11.8 Å². The van der Waals surface area contributed by atoms with Crippen molar-refractivity contribution in [1.29, 1.82) is 0 Å². The number of carbonyl (C=O) groups excluding carboxylic acids is 2. The number of alkyl carbamates (subject to hydrolysis) is 1. The van der Waals surface area contributed by atoms with Gasteiger partial charge in [-0.3, -0.25) is 4.79 Å². The van der Waals surface area contributed by atoms with E-state index in [4.69, 9.17) is 14.5 Å². The van der Waals surface area contributed by atoms with E-state index in [9.17, 15) is 22.4 Å². The summed E-state index contributed by atoms with van der Waals surface area (Å²) in [5.41, 5.74) is 1.69. The molecule has 3 aliphatic carbocycles. The molecule has 0 unspecified atom stereocenters. The highest BCUT2D eigenvalue weighted by atomic mass is 32.2. The molecule has 4 heterocycles. The smallest absolute Gasteiger partial charge is 0.407 e. The molecule has 1 atom stereocenters. The Hall–Kier alpha value is -5.05. The van der Waals surface area contributed by atoms with Gasteiger partial charge in [-0.25, -0.2) is 24.2 Å². The van der Waals surface area contributed by atoms with Crippen LogP contribution in [0.1, 0.15) is 81.1 Å². The molecule has 290 valence electrons. The first-order valence-corrected chi connectivity index (χ1v) is 20.5. The van der Waals surface area contributed by atoms with Gasteiger partial charge in [0, 0.05) is 30.9 Å². The fourth-order valence-electron chi connectivity index (χ4n) is 9.17. The molecule has 3 saturated carbocycles. The third-order valence-corrected chi connectivity index (χ3v) is 13.3. The van der Waals surface area contributed by atoms with E-state index in [1.807, 2.05) is 49.1 Å². The number of halogens is 1. The zero-order valence-corrected chi connectivity index (χ0v) is 31.9. The third-order valence-electron chi connectivity index (χ3n) is 12.1. The highest BCUT2D eigenvalue weighted by Crippen LogP contribution is 2.93. The number of anilines is 1. The summed E-state index contributed by atoms with van der Waals surface area (Å²) in [4.78, 5) is 36.4. The monoisotopic (exact) mass is 771 g/mol. The number of fused-ring (bicyclic) bond motifs is 1. The minimum absolute atomic E-state index is 0.0244. The Morgan fingerprint density at radius 2 is 1.71 bits per heavy atom. The average Bonchev–Trinajstić information content (AvgIpc) is 4.12. The summed E-state index contributed by atoms with van der Waals surface area (Å²) in [6.45, 7) is 5.85. The van der Waals surface area contributed by atoms with Crippen molar-refractivity contribution in [2.75, 3.05) is 24.6 Å². The summed E-state index contributed by atoms with van der Waals surface area (Å²) in [5, 5.41) is 6.83. The Labute approximate surface area is 320 Å². The average molecular weight is 772 g/mol. The lowest BCUT2D eigenvalue weighted by Crippen LogP contribution is -2.41. The van der Waals surface area contributed by atoms with E-state index in [2.05, 4.69) is 20.1 Å². The molecule has 2 amide bonds. The second-order valence-corrected chi connectivity index (χ2v) is 17.6. The first-order chi connectivity index (χ1) is 26.4. The number of hydrogen-bond donors (Lipinski definition) is 2. The Kier molecular flexibility index (Phi) is 9.54. The zero-order valence-electron chi connectivity index (χ0n) is 31.0. The predicted molar refractivity (Wildman–Crippen MR) is 201 cm³/mol. The SMILES string of the molecule is CC1(C)C[C@@H](CCCNC(=O)OCc2ccccc2)CN1c1nc(-n2ccc(OCCC3C4(CC4)C34CC4)n2)ccc1C(=O)NS(=O)(=O)c1cccc(F)n1. The molecule has 0 bridgehead atoms. The lowest BCUT2D eigenvalue weighted by molar-refractivity contribution is 0.0981. The van der Waals surface area contributed by atoms with Gasteiger partial charge in [-0.05, 0) is 118 Å². The molecule has 15 heteroatoms. The molecular weight excluding hydrogens is 726 g/mol. The summed E-state index contributed by atoms with van der Waals surface area (Å²) in [6, 6.07) is 17.7. The van der Waals surface area contributed by atoms with Crippen molar-refractivity contribution in [2.24, 2.45) is 22.7 Å². The summed E-state index contributed by atoms with van der Waals surface area (Å²) >= 11 is 0. The van der Waals surface area contributed by atoms with Crippen LogP contribution in [-0.2, 0) is 21.4 Å². The van der Waals surface area contributed by atoms with E-state index >= 15 is 0 Å². The van der Waals surface area contributed by atoms with Crippen molar-refractivity contribution < 1.29 is 31.9 Å². The highest BCUT2D eigenvalue weighted by Gasteiger charge is 2.85. The van der Waals surface area contributed by atoms with Crippen molar-refractivity contribution >= 4 is 27.8 Å². The molecular formula is C40H46FN7O6S. The number of amides is 2. The first kappa shape index (κ1) is 36.9. The Bertz CT molecular complexity index is 2170. The lowest BCUT2D eigenvalue weighted by Gasteiger charge is -2.34. The molecule has 1 aromatic carbocycles. The number of carbonyl (C=O) groups is 2. The molecule has 4 fully saturated rings. The van der Waals surface area contributed by atoms with Crippen LogP contribution in [0.3, 0.4) is 0 Å². The fraction of sp³-hybridized carbons (Fsp3) is 0.475. The number of rotatable bonds is 15. The first-order valence-electron chi connectivity index (χ1n) is 19.0. The van der Waals surface area contributed by atoms with Crippen molar-refractivity contribution in [3.63, 3.8) is 0 Å². The molecule has 13 nitrogen and oxygen atoms in total. The number of pyridine rings is 2. The second-order valence-electron chi connectivity index (χ2n) is 16.0. The van der Waals surface area contributed by atoms with E-state index < -0.39 is 38.5 Å². The van der Waals surface area contributed by atoms with Crippen LogP contribution in [0, 0.1) is 28.6 Å². The fourth-order valence-corrected chi connectivity index (χ4v) is 10.1. The van der Waals surface area contributed by atoms with Crippen LogP contribution in [0.2, 0.25) is 0 Å². The quantitative estimate of drug-likeness (QED) is 0.106. The van der Waals surface area contributed by atoms with Gasteiger partial charge in [0.05, 0.1) is 12.2 Å². The lowest BCUT2D eigenvalue weighted by atomic mass is 9.93. The van der Waals surface area contributed by atoms with Gasteiger partial charge in [-0.2, -0.15) is 12.8 Å². The summed E-state index contributed by atoms with van der Waals surface area (Å²) in [7, 11) is -4.50. The van der Waals surface area contributed by atoms with Crippen LogP contribution in [0.15, 0.2) is 78.0 Å². The maximum absolute atomic E-state index is 13.8. The normalized spacial score (nSPS) is 20.0. The van der Waals surface area contributed by atoms with Gasteiger partial charge in [0.25, 0.3) is 15.9 Å². The number of ether oxygens (including phenoxy) is 2. The van der Waals surface area contributed by atoms with E-state index in [1.54, 1.807) is 23.0 Å². The number of benzene rings is 1. The number of aromatic nitrogens is 4. The van der Waals surface area contributed by atoms with Gasteiger partial charge in [0.15, 0.2) is 10.8 Å². The molecule has 1 aliphatic heterocycles. The van der Waals surface area contributed by atoms with Gasteiger partial charge in [-0.1, -0.05) is 36.4 Å². The highest BCUT2D eigenvalue weighted by molar-refractivity contribution is 7.90. The number of sulfonamides is 1. The number of nitrogens with one attached hydrogen (secondary N) is 2. The molecule has 1 saturated heterocycles. The van der Waals surface area contributed by atoms with Crippen LogP contribution < -0.4 is 19.7 Å². The van der Waals surface area contributed by atoms with E-state index in [0.29, 0.717) is 48.6 Å². The Balaban J connectivity index is 0.957. The molecule has 3 aromatic heterocycles. The van der Waals surface area contributed by atoms with E-state index in [0.717, 1.165) is 42.9 Å². The van der Waals surface area contributed by atoms with E-state index in [-0.39, 0.29) is 23.9 Å².